The van der Waals surface area contributed by atoms with Gasteiger partial charge in [-0.05, 0) is 40.5 Å². The summed E-state index contributed by atoms with van der Waals surface area (Å²) in [6.45, 7) is 3.06. The summed E-state index contributed by atoms with van der Waals surface area (Å²) >= 11 is 9.89. The third-order valence-corrected chi connectivity index (χ3v) is 4.32. The van der Waals surface area contributed by atoms with Gasteiger partial charge in [-0.3, -0.25) is 0 Å². The Morgan fingerprint density at radius 2 is 2.26 bits per heavy atom. The van der Waals surface area contributed by atoms with E-state index in [0.717, 1.165) is 33.8 Å². The molecule has 2 aromatic rings. The highest BCUT2D eigenvalue weighted by Crippen LogP contribution is 2.32. The van der Waals surface area contributed by atoms with Gasteiger partial charge in [-0.15, -0.1) is 0 Å². The molecule has 3 nitrogen and oxygen atoms in total. The molecule has 102 valence electrons. The Bertz CT molecular complexity index is 553. The number of halogens is 2. The summed E-state index contributed by atoms with van der Waals surface area (Å²) in [4.78, 5) is 4.44. The normalized spacial score (nSPS) is 12.6. The van der Waals surface area contributed by atoms with Gasteiger partial charge in [0.15, 0.2) is 0 Å². The lowest BCUT2D eigenvalue weighted by Crippen LogP contribution is -2.26. The van der Waals surface area contributed by atoms with Crippen LogP contribution in [0, 0.1) is 0 Å². The van der Waals surface area contributed by atoms with Crippen LogP contribution < -0.4 is 5.32 Å². The smallest absolute Gasteiger partial charge is 0.130 e. The van der Waals surface area contributed by atoms with Crippen molar-refractivity contribution in [3.8, 4) is 0 Å². The molecule has 0 bridgehead atoms. The van der Waals surface area contributed by atoms with Crippen LogP contribution in [0.1, 0.15) is 30.8 Å². The van der Waals surface area contributed by atoms with Crippen molar-refractivity contribution in [2.24, 2.45) is 7.05 Å². The second kappa shape index (κ2) is 6.55. The summed E-state index contributed by atoms with van der Waals surface area (Å²) in [5, 5.41) is 4.24. The van der Waals surface area contributed by atoms with E-state index in [2.05, 4.69) is 33.2 Å². The average molecular weight is 343 g/mol. The van der Waals surface area contributed by atoms with Gasteiger partial charge in [-0.1, -0.05) is 30.7 Å². The molecule has 2 rings (SSSR count). The summed E-state index contributed by atoms with van der Waals surface area (Å²) in [6.07, 6.45) is 4.82. The first-order valence-electron chi connectivity index (χ1n) is 6.29. The van der Waals surface area contributed by atoms with Crippen molar-refractivity contribution in [1.82, 2.24) is 14.9 Å². The molecule has 0 aliphatic rings. The minimum atomic E-state index is 0.00458. The summed E-state index contributed by atoms with van der Waals surface area (Å²) in [6, 6.07) is 5.98. The van der Waals surface area contributed by atoms with Crippen LogP contribution in [-0.4, -0.2) is 16.1 Å². The van der Waals surface area contributed by atoms with E-state index in [1.807, 2.05) is 42.2 Å². The van der Waals surface area contributed by atoms with Crippen LogP contribution in [0.25, 0.3) is 0 Å². The minimum Gasteiger partial charge on any atom is -0.336 e. The van der Waals surface area contributed by atoms with Gasteiger partial charge in [-0.2, -0.15) is 0 Å². The second-order valence-corrected chi connectivity index (χ2v) is 5.66. The van der Waals surface area contributed by atoms with Crippen molar-refractivity contribution in [3.05, 3.63) is 51.5 Å². The molecule has 0 saturated carbocycles. The zero-order valence-electron chi connectivity index (χ0n) is 11.0. The van der Waals surface area contributed by atoms with E-state index in [-0.39, 0.29) is 6.04 Å². The molecule has 0 radical (unpaired) electrons. The van der Waals surface area contributed by atoms with Crippen LogP contribution in [0.5, 0.6) is 0 Å². The molecule has 1 aromatic heterocycles. The van der Waals surface area contributed by atoms with Gasteiger partial charge in [-0.25, -0.2) is 4.98 Å². The first-order chi connectivity index (χ1) is 9.15. The van der Waals surface area contributed by atoms with Gasteiger partial charge >= 0.3 is 0 Å². The molecule has 1 atom stereocenters. The van der Waals surface area contributed by atoms with Crippen molar-refractivity contribution in [1.29, 1.82) is 0 Å². The highest BCUT2D eigenvalue weighted by molar-refractivity contribution is 9.10. The van der Waals surface area contributed by atoms with E-state index < -0.39 is 0 Å². The zero-order valence-corrected chi connectivity index (χ0v) is 13.4. The van der Waals surface area contributed by atoms with Gasteiger partial charge in [0.25, 0.3) is 0 Å². The fourth-order valence-electron chi connectivity index (χ4n) is 2.03. The van der Waals surface area contributed by atoms with E-state index in [9.17, 15) is 0 Å². The molecule has 0 fully saturated rings. The number of aryl methyl sites for hydroxylation is 1. The van der Waals surface area contributed by atoms with Gasteiger partial charge < -0.3 is 9.88 Å². The standard InChI is InChI=1S/C14H17BrClN3/c1-3-7-17-13(14-18-8-9-19(14)2)10-5-4-6-11(15)12(10)16/h4-6,8-9,13,17H,3,7H2,1-2H3. The molecule has 1 N–H and O–H groups in total. The highest BCUT2D eigenvalue weighted by atomic mass is 79.9. The predicted molar refractivity (Wildman–Crippen MR) is 82.5 cm³/mol. The topological polar surface area (TPSA) is 29.9 Å². The number of benzene rings is 1. The Hall–Kier alpha value is -0.840. The summed E-state index contributed by atoms with van der Waals surface area (Å²) in [5.74, 6) is 0.966. The van der Waals surface area contributed by atoms with Gasteiger partial charge in [0, 0.05) is 23.9 Å². The van der Waals surface area contributed by atoms with Gasteiger partial charge in [0.2, 0.25) is 0 Å². The fraction of sp³-hybridized carbons (Fsp3) is 0.357. The maximum Gasteiger partial charge on any atom is 0.130 e. The number of rotatable bonds is 5. The van der Waals surface area contributed by atoms with Crippen LogP contribution in [0.15, 0.2) is 35.1 Å². The fourth-order valence-corrected chi connectivity index (χ4v) is 2.64. The first-order valence-corrected chi connectivity index (χ1v) is 7.46. The third-order valence-electron chi connectivity index (χ3n) is 3.01. The van der Waals surface area contributed by atoms with Crippen molar-refractivity contribution in [2.75, 3.05) is 6.54 Å². The van der Waals surface area contributed by atoms with E-state index in [0.29, 0.717) is 0 Å². The van der Waals surface area contributed by atoms with Crippen LogP contribution in [0.4, 0.5) is 0 Å². The maximum absolute atomic E-state index is 6.41. The highest BCUT2D eigenvalue weighted by Gasteiger charge is 2.20. The Labute approximate surface area is 127 Å². The molecule has 19 heavy (non-hydrogen) atoms. The quantitative estimate of drug-likeness (QED) is 0.892. The molecule has 0 amide bonds. The number of imidazole rings is 1. The molecule has 1 unspecified atom stereocenters. The predicted octanol–water partition coefficient (Wildman–Crippen LogP) is 3.93. The van der Waals surface area contributed by atoms with Crippen molar-refractivity contribution >= 4 is 27.5 Å². The van der Waals surface area contributed by atoms with Crippen molar-refractivity contribution in [3.63, 3.8) is 0 Å². The Morgan fingerprint density at radius 3 is 2.89 bits per heavy atom. The molecule has 0 aliphatic heterocycles. The van der Waals surface area contributed by atoms with Gasteiger partial charge in [0.05, 0.1) is 11.1 Å². The molecular weight excluding hydrogens is 326 g/mol. The van der Waals surface area contributed by atoms with E-state index in [1.165, 1.54) is 0 Å². The molecule has 0 aliphatic carbocycles. The number of aromatic nitrogens is 2. The first kappa shape index (κ1) is 14.6. The molecular formula is C14H17BrClN3. The lowest BCUT2D eigenvalue weighted by atomic mass is 10.1. The van der Waals surface area contributed by atoms with E-state index in [1.54, 1.807) is 0 Å². The molecule has 1 aromatic carbocycles. The number of hydrogen-bond acceptors (Lipinski definition) is 2. The Kier molecular flexibility index (Phi) is 5.02. The monoisotopic (exact) mass is 341 g/mol. The van der Waals surface area contributed by atoms with Crippen molar-refractivity contribution < 1.29 is 0 Å². The SMILES string of the molecule is CCCNC(c1cccc(Br)c1Cl)c1nccn1C. The Balaban J connectivity index is 2.43. The number of nitrogens with zero attached hydrogens (tertiary/aromatic N) is 2. The number of hydrogen-bond donors (Lipinski definition) is 1. The Morgan fingerprint density at radius 1 is 1.47 bits per heavy atom. The largest absolute Gasteiger partial charge is 0.336 e. The van der Waals surface area contributed by atoms with Crippen LogP contribution >= 0.6 is 27.5 Å². The lowest BCUT2D eigenvalue weighted by Gasteiger charge is -2.20. The van der Waals surface area contributed by atoms with Crippen LogP contribution in [0.2, 0.25) is 5.02 Å². The summed E-state index contributed by atoms with van der Waals surface area (Å²) in [7, 11) is 1.99. The molecule has 0 spiro atoms. The van der Waals surface area contributed by atoms with Crippen LogP contribution in [0.3, 0.4) is 0 Å². The lowest BCUT2D eigenvalue weighted by molar-refractivity contribution is 0.555. The zero-order chi connectivity index (χ0) is 13.8. The second-order valence-electron chi connectivity index (χ2n) is 4.43. The maximum atomic E-state index is 6.41. The average Bonchev–Trinajstić information content (AvgIpc) is 2.81. The minimum absolute atomic E-state index is 0.00458. The summed E-state index contributed by atoms with van der Waals surface area (Å²) < 4.78 is 2.93. The number of nitrogens with one attached hydrogen (secondary N) is 1. The van der Waals surface area contributed by atoms with E-state index >= 15 is 0 Å². The molecule has 1 heterocycles. The molecule has 5 heteroatoms. The van der Waals surface area contributed by atoms with Crippen LogP contribution in [-0.2, 0) is 7.05 Å². The molecule has 0 saturated heterocycles. The summed E-state index contributed by atoms with van der Waals surface area (Å²) in [5.41, 5.74) is 1.04. The van der Waals surface area contributed by atoms with Gasteiger partial charge in [0.1, 0.15) is 5.82 Å². The van der Waals surface area contributed by atoms with E-state index in [4.69, 9.17) is 11.6 Å². The van der Waals surface area contributed by atoms with Crippen molar-refractivity contribution in [2.45, 2.75) is 19.4 Å². The third kappa shape index (κ3) is 3.19.